The smallest absolute Gasteiger partial charge is 0.220 e. The summed E-state index contributed by atoms with van der Waals surface area (Å²) < 4.78 is 0. The maximum Gasteiger partial charge on any atom is 0.220 e. The number of rotatable bonds is 5. The van der Waals surface area contributed by atoms with Crippen LogP contribution in [-0.4, -0.2) is 40.2 Å². The molecule has 0 radical (unpaired) electrons. The molecule has 3 N–H and O–H groups in total. The van der Waals surface area contributed by atoms with E-state index in [-0.39, 0.29) is 46.8 Å². The lowest BCUT2D eigenvalue weighted by Crippen LogP contribution is -2.62. The lowest BCUT2D eigenvalue weighted by atomic mass is 9.43. The summed E-state index contributed by atoms with van der Waals surface area (Å²) in [6.45, 7) is 10.8. The zero-order chi connectivity index (χ0) is 23.4. The first-order chi connectivity index (χ1) is 15.0. The van der Waals surface area contributed by atoms with Crippen molar-refractivity contribution >= 4 is 11.7 Å². The first-order valence-electron chi connectivity index (χ1n) is 13.2. The SMILES string of the molecule is CC(C)NC(=O)CC[C@@H](C)[C@H]1CCC2C3C(C[C@H](O)[C@@]21C)[C@@]1(C)CCC(=O)CC1C[C@H]3O. The van der Waals surface area contributed by atoms with Gasteiger partial charge in [0.15, 0.2) is 0 Å². The molecule has 0 saturated heterocycles. The van der Waals surface area contributed by atoms with Crippen molar-refractivity contribution in [2.75, 3.05) is 0 Å². The van der Waals surface area contributed by atoms with Crippen LogP contribution in [0.4, 0.5) is 0 Å². The highest BCUT2D eigenvalue weighted by Crippen LogP contribution is 2.68. The quantitative estimate of drug-likeness (QED) is 0.592. The summed E-state index contributed by atoms with van der Waals surface area (Å²) in [5.41, 5.74) is -0.150. The Morgan fingerprint density at radius 2 is 1.84 bits per heavy atom. The van der Waals surface area contributed by atoms with Gasteiger partial charge in [-0.3, -0.25) is 9.59 Å². The van der Waals surface area contributed by atoms with E-state index in [4.69, 9.17) is 0 Å². The fourth-order valence-corrected chi connectivity index (χ4v) is 8.90. The lowest BCUT2D eigenvalue weighted by Gasteiger charge is -2.63. The average Bonchev–Trinajstić information content (AvgIpc) is 3.06. The van der Waals surface area contributed by atoms with Crippen LogP contribution in [0.2, 0.25) is 0 Å². The molecule has 0 aromatic carbocycles. The zero-order valence-electron chi connectivity index (χ0n) is 20.8. The molecule has 182 valence electrons. The number of Topliss-reactive ketones (excluding diaryl/α,β-unsaturated/α-hetero) is 1. The molecule has 4 unspecified atom stereocenters. The minimum absolute atomic E-state index is 0.0543. The Morgan fingerprint density at radius 1 is 1.12 bits per heavy atom. The maximum absolute atomic E-state index is 12.2. The summed E-state index contributed by atoms with van der Waals surface area (Å²) in [5.74, 6) is 2.29. The highest BCUT2D eigenvalue weighted by molar-refractivity contribution is 5.79. The second kappa shape index (κ2) is 8.69. The van der Waals surface area contributed by atoms with Crippen molar-refractivity contribution in [2.45, 2.75) is 111 Å². The molecule has 0 heterocycles. The number of ketones is 1. The van der Waals surface area contributed by atoms with Gasteiger partial charge in [-0.15, -0.1) is 0 Å². The summed E-state index contributed by atoms with van der Waals surface area (Å²) in [4.78, 5) is 24.4. The van der Waals surface area contributed by atoms with Gasteiger partial charge in [-0.2, -0.15) is 0 Å². The molecule has 0 aromatic heterocycles. The minimum atomic E-state index is -0.381. The standard InChI is InChI=1S/C27H45NO4/c1-15(2)28-24(32)9-6-16(3)19-7-8-20-25-21(14-23(31)27(19,20)5)26(4)11-10-18(29)12-17(26)13-22(25)30/h15-17,19-23,25,30-31H,6-14H2,1-5H3,(H,28,32)/t16-,17?,19-,20?,21?,22-,23+,25?,26+,27-/m1/s1. The van der Waals surface area contributed by atoms with Crippen LogP contribution < -0.4 is 5.32 Å². The van der Waals surface area contributed by atoms with Gasteiger partial charge in [0, 0.05) is 25.3 Å². The van der Waals surface area contributed by atoms with E-state index in [1.54, 1.807) is 0 Å². The van der Waals surface area contributed by atoms with Crippen LogP contribution in [0.1, 0.15) is 92.4 Å². The maximum atomic E-state index is 12.2. The van der Waals surface area contributed by atoms with Crippen LogP contribution in [-0.2, 0) is 9.59 Å². The molecule has 5 nitrogen and oxygen atoms in total. The number of aliphatic hydroxyl groups is 2. The Labute approximate surface area is 194 Å². The van der Waals surface area contributed by atoms with Gasteiger partial charge < -0.3 is 15.5 Å². The van der Waals surface area contributed by atoms with Crippen molar-refractivity contribution in [1.82, 2.24) is 5.32 Å². The molecule has 0 spiro atoms. The molecular weight excluding hydrogens is 402 g/mol. The van der Waals surface area contributed by atoms with Crippen LogP contribution >= 0.6 is 0 Å². The molecule has 1 amide bonds. The average molecular weight is 448 g/mol. The Kier molecular flexibility index (Phi) is 6.57. The summed E-state index contributed by atoms with van der Waals surface area (Å²) in [5, 5.41) is 25.9. The normalized spacial score (nSPS) is 46.9. The summed E-state index contributed by atoms with van der Waals surface area (Å²) in [6, 6.07) is 0.163. The summed E-state index contributed by atoms with van der Waals surface area (Å²) in [6.07, 6.45) is 6.40. The highest BCUT2D eigenvalue weighted by Gasteiger charge is 2.65. The van der Waals surface area contributed by atoms with Gasteiger partial charge in [0.25, 0.3) is 0 Å². The molecule has 10 atom stereocenters. The Balaban J connectivity index is 1.53. The van der Waals surface area contributed by atoms with Gasteiger partial charge in [0.05, 0.1) is 12.2 Å². The number of carbonyl (C=O) groups excluding carboxylic acids is 2. The van der Waals surface area contributed by atoms with Crippen molar-refractivity contribution in [3.05, 3.63) is 0 Å². The number of nitrogens with one attached hydrogen (secondary N) is 1. The molecular formula is C27H45NO4. The first-order valence-corrected chi connectivity index (χ1v) is 13.2. The van der Waals surface area contributed by atoms with Crippen molar-refractivity contribution in [1.29, 1.82) is 0 Å². The minimum Gasteiger partial charge on any atom is -0.393 e. The van der Waals surface area contributed by atoms with E-state index in [9.17, 15) is 19.8 Å². The zero-order valence-corrected chi connectivity index (χ0v) is 20.8. The van der Waals surface area contributed by atoms with E-state index in [2.05, 4.69) is 26.1 Å². The number of fused-ring (bicyclic) bond motifs is 5. The Morgan fingerprint density at radius 3 is 2.53 bits per heavy atom. The molecule has 5 heteroatoms. The largest absolute Gasteiger partial charge is 0.393 e. The topological polar surface area (TPSA) is 86.6 Å². The monoisotopic (exact) mass is 447 g/mol. The van der Waals surface area contributed by atoms with E-state index in [0.29, 0.717) is 48.7 Å². The molecule has 0 aromatic rings. The molecule has 4 aliphatic rings. The van der Waals surface area contributed by atoms with Gasteiger partial charge in [-0.25, -0.2) is 0 Å². The fourth-order valence-electron chi connectivity index (χ4n) is 8.90. The fraction of sp³-hybridized carbons (Fsp3) is 0.926. The van der Waals surface area contributed by atoms with E-state index in [0.717, 1.165) is 38.5 Å². The molecule has 4 saturated carbocycles. The lowest BCUT2D eigenvalue weighted by molar-refractivity contribution is -0.201. The summed E-state index contributed by atoms with van der Waals surface area (Å²) in [7, 11) is 0. The molecule has 4 rings (SSSR count). The predicted molar refractivity (Wildman–Crippen MR) is 125 cm³/mol. The molecule has 32 heavy (non-hydrogen) atoms. The van der Waals surface area contributed by atoms with E-state index in [1.165, 1.54) is 0 Å². The number of hydrogen-bond acceptors (Lipinski definition) is 4. The number of hydrogen-bond donors (Lipinski definition) is 3. The van der Waals surface area contributed by atoms with Crippen LogP contribution in [0, 0.1) is 46.3 Å². The van der Waals surface area contributed by atoms with Gasteiger partial charge in [0.2, 0.25) is 5.91 Å². The summed E-state index contributed by atoms with van der Waals surface area (Å²) >= 11 is 0. The third-order valence-electron chi connectivity index (χ3n) is 10.6. The van der Waals surface area contributed by atoms with E-state index < -0.39 is 0 Å². The molecule has 4 fully saturated rings. The van der Waals surface area contributed by atoms with Crippen LogP contribution in [0.3, 0.4) is 0 Å². The number of amides is 1. The van der Waals surface area contributed by atoms with Crippen LogP contribution in [0.15, 0.2) is 0 Å². The number of aliphatic hydroxyl groups excluding tert-OH is 2. The second-order valence-electron chi connectivity index (χ2n) is 12.6. The Bertz CT molecular complexity index is 737. The van der Waals surface area contributed by atoms with Gasteiger partial charge in [-0.05, 0) is 98.7 Å². The van der Waals surface area contributed by atoms with E-state index >= 15 is 0 Å². The first kappa shape index (κ1) is 24.2. The van der Waals surface area contributed by atoms with Crippen molar-refractivity contribution < 1.29 is 19.8 Å². The van der Waals surface area contributed by atoms with Gasteiger partial charge in [-0.1, -0.05) is 20.8 Å². The predicted octanol–water partition coefficient (Wildman–Crippen LogP) is 4.10. The van der Waals surface area contributed by atoms with Gasteiger partial charge >= 0.3 is 0 Å². The van der Waals surface area contributed by atoms with Crippen molar-refractivity contribution in [2.24, 2.45) is 46.3 Å². The Hall–Kier alpha value is -0.940. The highest BCUT2D eigenvalue weighted by atomic mass is 16.3. The van der Waals surface area contributed by atoms with Crippen LogP contribution in [0.25, 0.3) is 0 Å². The third kappa shape index (κ3) is 3.85. The second-order valence-corrected chi connectivity index (χ2v) is 12.6. The van der Waals surface area contributed by atoms with Crippen molar-refractivity contribution in [3.8, 4) is 0 Å². The third-order valence-corrected chi connectivity index (χ3v) is 10.6. The van der Waals surface area contributed by atoms with Crippen molar-refractivity contribution in [3.63, 3.8) is 0 Å². The molecule has 0 aliphatic heterocycles. The van der Waals surface area contributed by atoms with E-state index in [1.807, 2.05) is 13.8 Å². The number of carbonyl (C=O) groups is 2. The molecule has 4 aliphatic carbocycles. The molecule has 0 bridgehead atoms. The van der Waals surface area contributed by atoms with Gasteiger partial charge in [0.1, 0.15) is 5.78 Å². The van der Waals surface area contributed by atoms with Crippen LogP contribution in [0.5, 0.6) is 0 Å².